The van der Waals surface area contributed by atoms with Crippen molar-refractivity contribution in [3.63, 3.8) is 0 Å². The molecular formula is C26H48N4O4. The molecule has 3 aliphatic rings. The maximum atomic E-state index is 13.5. The number of rotatable bonds is 11. The number of piperidine rings is 1. The van der Waals surface area contributed by atoms with E-state index < -0.39 is 11.3 Å². The third kappa shape index (κ3) is 6.78. The van der Waals surface area contributed by atoms with Crippen LogP contribution in [0.15, 0.2) is 0 Å². The largest absolute Gasteiger partial charge is 0.347 e. The number of hydrogen-bond donors (Lipinski definition) is 1. The van der Waals surface area contributed by atoms with Crippen molar-refractivity contribution in [3.05, 3.63) is 0 Å². The molecular weight excluding hydrogens is 432 g/mol. The zero-order valence-electron chi connectivity index (χ0n) is 22.3. The number of nitrogens with zero attached hydrogens (tertiary/aromatic N) is 3. The standard InChI is InChI=1S/C26H48N4O4/c1-20(2)15-23-24(32)30(14-10-27-23)25(19-31,16-21(3)4)18-29-12-8-26(9-13-29)33-17-22(34-26)7-11-28(5)6/h19-23,27H,7-18H2,1-6H3/t22?,23-,25+/m0/s1. The van der Waals surface area contributed by atoms with Gasteiger partial charge in [0.1, 0.15) is 11.8 Å². The van der Waals surface area contributed by atoms with Gasteiger partial charge in [-0.3, -0.25) is 4.79 Å². The van der Waals surface area contributed by atoms with Crippen molar-refractivity contribution in [2.24, 2.45) is 11.8 Å². The minimum atomic E-state index is -0.793. The molecule has 0 aliphatic carbocycles. The molecule has 3 saturated heterocycles. The summed E-state index contributed by atoms with van der Waals surface area (Å²) >= 11 is 0. The molecule has 3 heterocycles. The Bertz CT molecular complexity index is 678. The molecule has 0 radical (unpaired) electrons. The molecule has 1 N–H and O–H groups in total. The van der Waals surface area contributed by atoms with Gasteiger partial charge in [-0.2, -0.15) is 0 Å². The summed E-state index contributed by atoms with van der Waals surface area (Å²) in [6, 6.07) is -0.204. The fourth-order valence-corrected chi connectivity index (χ4v) is 5.81. The van der Waals surface area contributed by atoms with Crippen molar-refractivity contribution in [2.45, 2.75) is 83.3 Å². The molecule has 1 amide bonds. The highest BCUT2D eigenvalue weighted by molar-refractivity contribution is 5.87. The minimum absolute atomic E-state index is 0.0763. The molecule has 0 saturated carbocycles. The van der Waals surface area contributed by atoms with Crippen molar-refractivity contribution < 1.29 is 19.1 Å². The summed E-state index contributed by atoms with van der Waals surface area (Å²) in [6.07, 6.45) is 5.26. The smallest absolute Gasteiger partial charge is 0.240 e. The van der Waals surface area contributed by atoms with Crippen molar-refractivity contribution >= 4 is 12.2 Å². The Morgan fingerprint density at radius 2 is 1.88 bits per heavy atom. The fourth-order valence-electron chi connectivity index (χ4n) is 5.81. The summed E-state index contributed by atoms with van der Waals surface area (Å²) in [4.78, 5) is 32.6. The fraction of sp³-hybridized carbons (Fsp3) is 0.923. The van der Waals surface area contributed by atoms with Crippen LogP contribution in [0.2, 0.25) is 0 Å². The summed E-state index contributed by atoms with van der Waals surface area (Å²) in [5.41, 5.74) is -0.793. The van der Waals surface area contributed by atoms with E-state index in [1.165, 1.54) is 0 Å². The van der Waals surface area contributed by atoms with Crippen LogP contribution in [0.4, 0.5) is 0 Å². The number of piperazine rings is 1. The number of aldehydes is 1. The van der Waals surface area contributed by atoms with E-state index >= 15 is 0 Å². The number of nitrogens with one attached hydrogen (secondary N) is 1. The van der Waals surface area contributed by atoms with Gasteiger partial charge in [-0.05, 0) is 45.2 Å². The number of hydrogen-bond acceptors (Lipinski definition) is 7. The van der Waals surface area contributed by atoms with E-state index in [2.05, 4.69) is 56.9 Å². The van der Waals surface area contributed by atoms with Gasteiger partial charge in [-0.25, -0.2) is 0 Å². The van der Waals surface area contributed by atoms with E-state index in [1.54, 1.807) is 0 Å². The molecule has 8 nitrogen and oxygen atoms in total. The van der Waals surface area contributed by atoms with E-state index in [4.69, 9.17) is 9.47 Å². The molecule has 3 fully saturated rings. The lowest BCUT2D eigenvalue weighted by Crippen LogP contribution is -2.67. The third-order valence-electron chi connectivity index (χ3n) is 7.44. The van der Waals surface area contributed by atoms with Crippen molar-refractivity contribution in [1.82, 2.24) is 20.0 Å². The Morgan fingerprint density at radius 3 is 2.47 bits per heavy atom. The second-order valence-corrected chi connectivity index (χ2v) is 11.8. The number of amides is 1. The van der Waals surface area contributed by atoms with Crippen LogP contribution in [0.3, 0.4) is 0 Å². The van der Waals surface area contributed by atoms with Crippen LogP contribution in [0.25, 0.3) is 0 Å². The molecule has 196 valence electrons. The normalized spacial score (nSPS) is 27.8. The molecule has 3 atom stereocenters. The number of carbonyl (C=O) groups excluding carboxylic acids is 2. The minimum Gasteiger partial charge on any atom is -0.347 e. The second-order valence-electron chi connectivity index (χ2n) is 11.8. The SMILES string of the molecule is CC(C)C[C@@H]1NCCN([C@](C=O)(CC(C)C)CN2CCC3(CC2)OCC(CCN(C)C)O3)C1=O. The first-order valence-electron chi connectivity index (χ1n) is 13.3. The predicted molar refractivity (Wildman–Crippen MR) is 134 cm³/mol. The first kappa shape index (κ1) is 27.5. The highest BCUT2D eigenvalue weighted by Crippen LogP contribution is 2.36. The molecule has 1 unspecified atom stereocenters. The van der Waals surface area contributed by atoms with Gasteiger partial charge in [-0.15, -0.1) is 0 Å². The molecule has 34 heavy (non-hydrogen) atoms. The van der Waals surface area contributed by atoms with Gasteiger partial charge in [0.15, 0.2) is 5.79 Å². The maximum absolute atomic E-state index is 13.5. The zero-order chi connectivity index (χ0) is 24.9. The van der Waals surface area contributed by atoms with E-state index in [9.17, 15) is 9.59 Å². The average molecular weight is 481 g/mol. The highest BCUT2D eigenvalue weighted by atomic mass is 16.7. The van der Waals surface area contributed by atoms with Gasteiger partial charge < -0.3 is 34.3 Å². The van der Waals surface area contributed by atoms with Gasteiger partial charge in [-0.1, -0.05) is 27.7 Å². The van der Waals surface area contributed by atoms with Crippen LogP contribution >= 0.6 is 0 Å². The molecule has 0 aromatic carbocycles. The molecule has 0 aromatic heterocycles. The van der Waals surface area contributed by atoms with Crippen LogP contribution < -0.4 is 5.32 Å². The van der Waals surface area contributed by atoms with Crippen molar-refractivity contribution in [1.29, 1.82) is 0 Å². The summed E-state index contributed by atoms with van der Waals surface area (Å²) in [7, 11) is 4.16. The number of carbonyl (C=O) groups is 2. The Labute approximate surface area is 206 Å². The van der Waals surface area contributed by atoms with Crippen molar-refractivity contribution in [2.75, 3.05) is 60.0 Å². The second kappa shape index (κ2) is 11.8. The van der Waals surface area contributed by atoms with E-state index in [0.717, 1.165) is 58.1 Å². The molecule has 0 aromatic rings. The van der Waals surface area contributed by atoms with Crippen LogP contribution in [-0.4, -0.2) is 110 Å². The Balaban J connectivity index is 1.66. The lowest BCUT2D eigenvalue weighted by atomic mass is 9.85. The summed E-state index contributed by atoms with van der Waals surface area (Å²) < 4.78 is 12.5. The van der Waals surface area contributed by atoms with E-state index in [0.29, 0.717) is 38.0 Å². The Kier molecular flexibility index (Phi) is 9.54. The van der Waals surface area contributed by atoms with Gasteiger partial charge in [0, 0.05) is 52.1 Å². The topological polar surface area (TPSA) is 74.3 Å². The van der Waals surface area contributed by atoms with Crippen LogP contribution in [0.5, 0.6) is 0 Å². The molecule has 0 bridgehead atoms. The molecule has 8 heteroatoms. The zero-order valence-corrected chi connectivity index (χ0v) is 22.3. The molecule has 3 aliphatic heterocycles. The van der Waals surface area contributed by atoms with E-state index in [-0.39, 0.29) is 18.1 Å². The van der Waals surface area contributed by atoms with E-state index in [1.807, 2.05) is 4.90 Å². The lowest BCUT2D eigenvalue weighted by Gasteiger charge is -2.49. The first-order chi connectivity index (χ1) is 16.1. The summed E-state index contributed by atoms with van der Waals surface area (Å²) in [6.45, 7) is 13.7. The predicted octanol–water partition coefficient (Wildman–Crippen LogP) is 1.98. The lowest BCUT2D eigenvalue weighted by molar-refractivity contribution is -0.197. The average Bonchev–Trinajstić information content (AvgIpc) is 3.17. The summed E-state index contributed by atoms with van der Waals surface area (Å²) in [5.74, 6) is 0.324. The molecule has 3 rings (SSSR count). The van der Waals surface area contributed by atoms with Crippen LogP contribution in [0.1, 0.15) is 59.8 Å². The van der Waals surface area contributed by atoms with Gasteiger partial charge in [0.25, 0.3) is 0 Å². The molecule has 1 spiro atoms. The van der Waals surface area contributed by atoms with Gasteiger partial charge in [0.05, 0.1) is 18.8 Å². The quantitative estimate of drug-likeness (QED) is 0.453. The number of ether oxygens (including phenoxy) is 2. The summed E-state index contributed by atoms with van der Waals surface area (Å²) in [5, 5.41) is 3.38. The third-order valence-corrected chi connectivity index (χ3v) is 7.44. The maximum Gasteiger partial charge on any atom is 0.240 e. The first-order valence-corrected chi connectivity index (χ1v) is 13.3. The highest BCUT2D eigenvalue weighted by Gasteiger charge is 2.48. The van der Waals surface area contributed by atoms with Gasteiger partial charge in [0.2, 0.25) is 5.91 Å². The van der Waals surface area contributed by atoms with Crippen LogP contribution in [0, 0.1) is 11.8 Å². The van der Waals surface area contributed by atoms with Crippen LogP contribution in [-0.2, 0) is 19.1 Å². The number of likely N-dealkylation sites (tertiary alicyclic amines) is 1. The Hall–Kier alpha value is -1.06. The monoisotopic (exact) mass is 480 g/mol. The van der Waals surface area contributed by atoms with Crippen molar-refractivity contribution in [3.8, 4) is 0 Å². The van der Waals surface area contributed by atoms with Gasteiger partial charge >= 0.3 is 0 Å². The Morgan fingerprint density at radius 1 is 1.18 bits per heavy atom.